The molecule has 0 saturated heterocycles. The summed E-state index contributed by atoms with van der Waals surface area (Å²) in [6, 6.07) is 5.59. The van der Waals surface area contributed by atoms with Gasteiger partial charge in [0.25, 0.3) is 0 Å². The molecule has 0 aliphatic carbocycles. The van der Waals surface area contributed by atoms with Crippen molar-refractivity contribution in [1.29, 1.82) is 5.26 Å². The first-order chi connectivity index (χ1) is 13.3. The summed E-state index contributed by atoms with van der Waals surface area (Å²) in [5.41, 5.74) is 10.0. The number of carbonyl (C=O) groups is 3. The highest BCUT2D eigenvalue weighted by Gasteiger charge is 2.25. The summed E-state index contributed by atoms with van der Waals surface area (Å²) in [6.45, 7) is 0. The van der Waals surface area contributed by atoms with E-state index < -0.39 is 29.8 Å². The van der Waals surface area contributed by atoms with E-state index in [1.165, 1.54) is 0 Å². The van der Waals surface area contributed by atoms with E-state index in [9.17, 15) is 24.6 Å². The van der Waals surface area contributed by atoms with Gasteiger partial charge >= 0.3 is 12.2 Å². The van der Waals surface area contributed by atoms with Gasteiger partial charge in [-0.25, -0.2) is 4.79 Å². The van der Waals surface area contributed by atoms with E-state index in [1.54, 1.807) is 24.4 Å². The number of aliphatic carboxylic acids is 1. The Hall–Kier alpha value is -3.80. The van der Waals surface area contributed by atoms with Crippen molar-refractivity contribution >= 4 is 34.8 Å². The molecule has 1 heterocycles. The van der Waals surface area contributed by atoms with Gasteiger partial charge in [-0.3, -0.25) is 9.59 Å². The number of aromatic nitrogens is 1. The predicted molar refractivity (Wildman–Crippen MR) is 96.2 cm³/mol. The van der Waals surface area contributed by atoms with E-state index >= 15 is 0 Å². The Morgan fingerprint density at radius 3 is 2.79 bits per heavy atom. The van der Waals surface area contributed by atoms with Gasteiger partial charge in [-0.1, -0.05) is 0 Å². The van der Waals surface area contributed by atoms with Crippen LogP contribution in [-0.4, -0.2) is 56.0 Å². The van der Waals surface area contributed by atoms with Gasteiger partial charge in [0.1, 0.15) is 12.1 Å². The first-order valence-corrected chi connectivity index (χ1v) is 8.27. The highest BCUT2D eigenvalue weighted by atomic mass is 16.4. The Kier molecular flexibility index (Phi) is 6.76. The number of nitrogens with one attached hydrogen (secondary N) is 2. The lowest BCUT2D eigenvalue weighted by atomic mass is 10.0. The van der Waals surface area contributed by atoms with Crippen LogP contribution >= 0.6 is 0 Å². The number of H-pyrrole nitrogens is 1. The molecular formula is C18H17N5O5. The average Bonchev–Trinajstić information content (AvgIpc) is 3.06. The summed E-state index contributed by atoms with van der Waals surface area (Å²) in [5, 5.41) is 31.2. The van der Waals surface area contributed by atoms with Gasteiger partial charge in [0, 0.05) is 29.9 Å². The summed E-state index contributed by atoms with van der Waals surface area (Å²) < 4.78 is 0. The molecule has 0 fully saturated rings. The van der Waals surface area contributed by atoms with Crippen LogP contribution in [0.4, 0.5) is 0 Å². The summed E-state index contributed by atoms with van der Waals surface area (Å²) >= 11 is 0. The van der Waals surface area contributed by atoms with Crippen LogP contribution in [0.3, 0.4) is 0 Å². The normalized spacial score (nSPS) is 12.4. The number of amides is 1. The number of rotatable bonds is 9. The van der Waals surface area contributed by atoms with Crippen LogP contribution in [0.25, 0.3) is 16.4 Å². The van der Waals surface area contributed by atoms with Crippen molar-refractivity contribution in [2.45, 2.75) is 31.4 Å². The van der Waals surface area contributed by atoms with E-state index in [0.29, 0.717) is 22.7 Å². The molecule has 0 aliphatic heterocycles. The van der Waals surface area contributed by atoms with Crippen LogP contribution in [0.2, 0.25) is 0 Å². The van der Waals surface area contributed by atoms with Gasteiger partial charge in [-0.05, 0) is 30.2 Å². The Labute approximate surface area is 159 Å². The lowest BCUT2D eigenvalue weighted by molar-refractivity contribution is -0.143. The van der Waals surface area contributed by atoms with Gasteiger partial charge < -0.3 is 26.0 Å². The van der Waals surface area contributed by atoms with Crippen molar-refractivity contribution in [3.8, 4) is 6.07 Å². The molecule has 144 valence electrons. The van der Waals surface area contributed by atoms with Crippen LogP contribution in [0, 0.1) is 11.3 Å². The number of aliphatic hydroxyl groups excluding tert-OH is 1. The van der Waals surface area contributed by atoms with Crippen molar-refractivity contribution in [2.75, 3.05) is 0 Å². The summed E-state index contributed by atoms with van der Waals surface area (Å²) in [7, 11) is 0. The minimum absolute atomic E-state index is 0.0941. The second-order valence-electron chi connectivity index (χ2n) is 6.05. The zero-order valence-electron chi connectivity index (χ0n) is 14.6. The molecule has 2 aromatic rings. The third-order valence-electron chi connectivity index (χ3n) is 4.11. The second-order valence-corrected chi connectivity index (χ2v) is 6.05. The van der Waals surface area contributed by atoms with E-state index in [-0.39, 0.29) is 19.3 Å². The number of aliphatic hydroxyl groups is 1. The average molecular weight is 383 g/mol. The zero-order valence-corrected chi connectivity index (χ0v) is 14.6. The lowest BCUT2D eigenvalue weighted by Crippen LogP contribution is -2.46. The first kappa shape index (κ1) is 20.5. The number of ketones is 1. The van der Waals surface area contributed by atoms with Crippen LogP contribution in [0.1, 0.15) is 24.0 Å². The van der Waals surface area contributed by atoms with Crippen molar-refractivity contribution < 1.29 is 29.4 Å². The third-order valence-corrected chi connectivity index (χ3v) is 4.11. The maximum atomic E-state index is 12.2. The van der Waals surface area contributed by atoms with Gasteiger partial charge in [0.15, 0.2) is 0 Å². The number of Topliss-reactive ketones (excluding diaryl/α,β-unsaturated/α-hetero) is 1. The minimum atomic E-state index is -1.53. The molecule has 10 nitrogen and oxygen atoms in total. The fraction of sp³-hybridized carbons (Fsp3) is 0.278. The summed E-state index contributed by atoms with van der Waals surface area (Å²) in [6.07, 6.45) is 0.143. The fourth-order valence-electron chi connectivity index (χ4n) is 2.66. The molecule has 0 aliphatic rings. The molecule has 0 saturated carbocycles. The molecule has 4 N–H and O–H groups in total. The largest absolute Gasteiger partial charge is 0.480 e. The molecule has 0 radical (unpaired) electrons. The smallest absolute Gasteiger partial charge is 0.326 e. The maximum absolute atomic E-state index is 12.2. The molecule has 1 aromatic carbocycles. The van der Waals surface area contributed by atoms with E-state index in [1.807, 2.05) is 6.07 Å². The second kappa shape index (κ2) is 9.23. The van der Waals surface area contributed by atoms with Gasteiger partial charge in [0.2, 0.25) is 11.7 Å². The number of nitrogens with zero attached hydrogens (tertiary/aromatic N) is 3. The van der Waals surface area contributed by atoms with Crippen LogP contribution in [-0.2, 0) is 20.8 Å². The monoisotopic (exact) mass is 383 g/mol. The molecule has 10 heteroatoms. The van der Waals surface area contributed by atoms with Crippen LogP contribution in [0.5, 0.6) is 0 Å². The highest BCUT2D eigenvalue weighted by molar-refractivity contribution is 6.25. The summed E-state index contributed by atoms with van der Waals surface area (Å²) in [5.74, 6) is -2.86. The number of carboxylic acids is 1. The maximum Gasteiger partial charge on any atom is 0.326 e. The molecule has 2 atom stereocenters. The van der Waals surface area contributed by atoms with Gasteiger partial charge in [0.05, 0.1) is 11.6 Å². The Morgan fingerprint density at radius 2 is 2.14 bits per heavy atom. The first-order valence-electron chi connectivity index (χ1n) is 8.27. The van der Waals surface area contributed by atoms with Crippen molar-refractivity contribution in [2.24, 2.45) is 0 Å². The van der Waals surface area contributed by atoms with Crippen LogP contribution < -0.4 is 5.32 Å². The highest BCUT2D eigenvalue weighted by Crippen LogP contribution is 2.21. The number of hydrogen-bond donors (Lipinski definition) is 4. The van der Waals surface area contributed by atoms with E-state index in [4.69, 9.17) is 10.8 Å². The fourth-order valence-corrected chi connectivity index (χ4v) is 2.66. The number of fused-ring (bicyclic) bond motifs is 1. The quantitative estimate of drug-likeness (QED) is 0.272. The molecule has 1 amide bonds. The molecule has 2 rings (SSSR count). The van der Waals surface area contributed by atoms with Crippen LogP contribution in [0.15, 0.2) is 24.4 Å². The van der Waals surface area contributed by atoms with Gasteiger partial charge in [-0.15, -0.1) is 0 Å². The molecule has 28 heavy (non-hydrogen) atoms. The lowest BCUT2D eigenvalue weighted by Gasteiger charge is -2.16. The number of nitriles is 1. The molecule has 1 aromatic heterocycles. The number of aromatic amines is 1. The van der Waals surface area contributed by atoms with E-state index in [0.717, 1.165) is 5.52 Å². The van der Waals surface area contributed by atoms with Crippen molar-refractivity contribution in [3.63, 3.8) is 0 Å². The number of hydrogen-bond acceptors (Lipinski definition) is 5. The molecule has 0 unspecified atom stereocenters. The predicted octanol–water partition coefficient (Wildman–Crippen LogP) is 0.162. The summed E-state index contributed by atoms with van der Waals surface area (Å²) in [4.78, 5) is 40.3. The van der Waals surface area contributed by atoms with Crippen molar-refractivity contribution in [3.05, 3.63) is 41.1 Å². The Morgan fingerprint density at radius 1 is 1.39 bits per heavy atom. The van der Waals surface area contributed by atoms with E-state index in [2.05, 4.69) is 15.1 Å². The standard InChI is InChI=1S/C18H17N5O5/c19-7-10-1-3-14-13(5-10)11(8-21-14)6-16(25)17(26)23-15(18(27)28)4-2-12(24)9-22-20/h1,3,5,8-9,15-16,21,25H,2,4,6H2,(H,23,26)(H,27,28)/t15-,16-/m0/s1. The van der Waals surface area contributed by atoms with Crippen molar-refractivity contribution in [1.82, 2.24) is 10.3 Å². The number of carbonyl (C=O) groups excluding carboxylic acids is 2. The number of benzene rings is 1. The topological polar surface area (TPSA) is 180 Å². The Bertz CT molecular complexity index is 999. The minimum Gasteiger partial charge on any atom is -0.480 e. The third kappa shape index (κ3) is 5.11. The molecule has 0 spiro atoms. The molecular weight excluding hydrogens is 366 g/mol. The van der Waals surface area contributed by atoms with Gasteiger partial charge in [-0.2, -0.15) is 10.1 Å². The SMILES string of the molecule is N#Cc1ccc2[nH]cc(C[C@H](O)C(=O)N[C@@H](CCC(=O)C=[N+]=[N-])C(=O)O)c2c1. The zero-order chi connectivity index (χ0) is 20.7. The Balaban J connectivity index is 2.05. The number of carboxylic acid groups (broad SMARTS) is 1. The molecule has 0 bridgehead atoms.